The van der Waals surface area contributed by atoms with Crippen LogP contribution in [-0.4, -0.2) is 7.05 Å². The van der Waals surface area contributed by atoms with E-state index in [1.165, 1.54) is 9.75 Å². The number of nitrogens with one attached hydrogen (secondary N) is 1. The van der Waals surface area contributed by atoms with Gasteiger partial charge in [-0.15, -0.1) is 11.3 Å². The van der Waals surface area contributed by atoms with Crippen molar-refractivity contribution in [3.05, 3.63) is 57.0 Å². The first kappa shape index (κ1) is 15.2. The summed E-state index contributed by atoms with van der Waals surface area (Å²) in [6.07, 6.45) is 0. The van der Waals surface area contributed by atoms with Crippen LogP contribution < -0.4 is 5.32 Å². The van der Waals surface area contributed by atoms with Gasteiger partial charge in [0.05, 0.1) is 6.04 Å². The summed E-state index contributed by atoms with van der Waals surface area (Å²) in [4.78, 5) is 2.63. The lowest BCUT2D eigenvalue weighted by Gasteiger charge is -2.18. The molecule has 0 fully saturated rings. The highest BCUT2D eigenvalue weighted by Gasteiger charge is 2.20. The Hall–Kier alpha value is -1.19. The second kappa shape index (κ2) is 5.66. The summed E-state index contributed by atoms with van der Waals surface area (Å²) in [7, 11) is 1.94. The fourth-order valence-electron chi connectivity index (χ4n) is 2.23. The Kier molecular flexibility index (Phi) is 4.31. The van der Waals surface area contributed by atoms with Crippen LogP contribution in [0.1, 0.15) is 47.7 Å². The van der Waals surface area contributed by atoms with Crippen molar-refractivity contribution in [3.8, 4) is 0 Å². The minimum atomic E-state index is -0.148. The zero-order chi connectivity index (χ0) is 14.9. The summed E-state index contributed by atoms with van der Waals surface area (Å²) >= 11 is 1.82. The predicted octanol–water partition coefficient (Wildman–Crippen LogP) is 4.80. The molecular weight excluding hydrogens is 269 g/mol. The Morgan fingerprint density at radius 2 is 1.85 bits per heavy atom. The highest BCUT2D eigenvalue weighted by Crippen LogP contribution is 2.34. The zero-order valence-corrected chi connectivity index (χ0v) is 13.6. The molecule has 0 saturated carbocycles. The molecule has 0 bridgehead atoms. The Balaban J connectivity index is 2.37. The van der Waals surface area contributed by atoms with Crippen LogP contribution in [0.15, 0.2) is 30.3 Å². The molecule has 0 aliphatic heterocycles. The number of hydrogen-bond acceptors (Lipinski definition) is 2. The summed E-state index contributed by atoms with van der Waals surface area (Å²) in [5.41, 5.74) is 1.96. The van der Waals surface area contributed by atoms with Crippen LogP contribution >= 0.6 is 11.3 Å². The van der Waals surface area contributed by atoms with Gasteiger partial charge in [-0.25, -0.2) is 4.39 Å². The lowest BCUT2D eigenvalue weighted by Crippen LogP contribution is -2.16. The van der Waals surface area contributed by atoms with Gasteiger partial charge in [-0.1, -0.05) is 32.9 Å². The highest BCUT2D eigenvalue weighted by molar-refractivity contribution is 7.12. The Labute approximate surface area is 124 Å². The molecule has 2 aromatic rings. The van der Waals surface area contributed by atoms with E-state index in [0.29, 0.717) is 5.56 Å². The molecular formula is C17H22FNS. The first-order valence-corrected chi connectivity index (χ1v) is 7.68. The molecule has 1 N–H and O–H groups in total. The smallest absolute Gasteiger partial charge is 0.126 e. The number of aryl methyl sites for hydroxylation is 1. The van der Waals surface area contributed by atoms with Crippen LogP contribution in [0.4, 0.5) is 4.39 Å². The molecule has 0 radical (unpaired) electrons. The van der Waals surface area contributed by atoms with Crippen molar-refractivity contribution in [2.24, 2.45) is 0 Å². The molecule has 1 nitrogen and oxygen atoms in total. The third kappa shape index (κ3) is 3.10. The quantitative estimate of drug-likeness (QED) is 0.856. The second-order valence-electron chi connectivity index (χ2n) is 6.18. The maximum atomic E-state index is 13.4. The topological polar surface area (TPSA) is 12.0 Å². The van der Waals surface area contributed by atoms with E-state index in [1.54, 1.807) is 13.0 Å². The van der Waals surface area contributed by atoms with Crippen molar-refractivity contribution in [2.45, 2.75) is 39.2 Å². The molecule has 0 saturated heterocycles. The van der Waals surface area contributed by atoms with E-state index in [4.69, 9.17) is 0 Å². The average molecular weight is 291 g/mol. The van der Waals surface area contributed by atoms with Crippen LogP contribution in [0.25, 0.3) is 0 Å². The minimum absolute atomic E-state index is 0.121. The van der Waals surface area contributed by atoms with Gasteiger partial charge >= 0.3 is 0 Å². The molecule has 108 valence electrons. The van der Waals surface area contributed by atoms with Crippen molar-refractivity contribution in [2.75, 3.05) is 7.05 Å². The van der Waals surface area contributed by atoms with Crippen molar-refractivity contribution in [3.63, 3.8) is 0 Å². The van der Waals surface area contributed by atoms with Crippen LogP contribution in [0.5, 0.6) is 0 Å². The Morgan fingerprint density at radius 3 is 2.35 bits per heavy atom. The second-order valence-corrected chi connectivity index (χ2v) is 7.30. The molecule has 1 aromatic carbocycles. The first-order chi connectivity index (χ1) is 9.32. The van der Waals surface area contributed by atoms with E-state index in [9.17, 15) is 4.39 Å². The lowest BCUT2D eigenvalue weighted by molar-refractivity contribution is 0.604. The van der Waals surface area contributed by atoms with Gasteiger partial charge in [0.25, 0.3) is 0 Å². The molecule has 20 heavy (non-hydrogen) atoms. The van der Waals surface area contributed by atoms with E-state index in [1.807, 2.05) is 30.5 Å². The van der Waals surface area contributed by atoms with Crippen LogP contribution in [0.2, 0.25) is 0 Å². The van der Waals surface area contributed by atoms with Crippen molar-refractivity contribution in [1.29, 1.82) is 0 Å². The van der Waals surface area contributed by atoms with E-state index in [2.05, 4.69) is 38.2 Å². The van der Waals surface area contributed by atoms with Crippen molar-refractivity contribution in [1.82, 2.24) is 5.32 Å². The van der Waals surface area contributed by atoms with Crippen molar-refractivity contribution < 1.29 is 4.39 Å². The van der Waals surface area contributed by atoms with E-state index in [0.717, 1.165) is 5.56 Å². The third-order valence-corrected chi connectivity index (χ3v) is 5.03. The number of halogens is 1. The molecule has 1 atom stereocenters. The van der Waals surface area contributed by atoms with Crippen LogP contribution in [0.3, 0.4) is 0 Å². The Morgan fingerprint density at radius 1 is 1.15 bits per heavy atom. The maximum Gasteiger partial charge on any atom is 0.126 e. The van der Waals surface area contributed by atoms with Crippen LogP contribution in [0, 0.1) is 12.7 Å². The van der Waals surface area contributed by atoms with Gasteiger partial charge in [0.15, 0.2) is 0 Å². The molecule has 0 spiro atoms. The van der Waals surface area contributed by atoms with Gasteiger partial charge in [0.2, 0.25) is 0 Å². The molecule has 1 aromatic heterocycles. The number of thiophene rings is 1. The summed E-state index contributed by atoms with van der Waals surface area (Å²) in [5, 5.41) is 3.33. The fraction of sp³-hybridized carbons (Fsp3) is 0.412. The molecule has 3 heteroatoms. The summed E-state index contributed by atoms with van der Waals surface area (Å²) in [5.74, 6) is -0.148. The highest BCUT2D eigenvalue weighted by atomic mass is 32.1. The van der Waals surface area contributed by atoms with Gasteiger partial charge in [-0.2, -0.15) is 0 Å². The SMILES string of the molecule is CNC(c1ccc(F)c(C)c1)c1ccc(C(C)(C)C)s1. The molecule has 0 aliphatic carbocycles. The predicted molar refractivity (Wildman–Crippen MR) is 85.1 cm³/mol. The summed E-state index contributed by atoms with van der Waals surface area (Å²) in [6.45, 7) is 8.47. The average Bonchev–Trinajstić information content (AvgIpc) is 2.84. The lowest BCUT2D eigenvalue weighted by atomic mass is 9.95. The largest absolute Gasteiger partial charge is 0.309 e. The normalized spacial score (nSPS) is 13.5. The number of rotatable bonds is 3. The van der Waals surface area contributed by atoms with Gasteiger partial charge in [-0.3, -0.25) is 0 Å². The van der Waals surface area contributed by atoms with Crippen molar-refractivity contribution >= 4 is 11.3 Å². The third-order valence-electron chi connectivity index (χ3n) is 3.45. The van der Waals surface area contributed by atoms with Gasteiger partial charge in [0.1, 0.15) is 5.82 Å². The molecule has 0 amide bonds. The zero-order valence-electron chi connectivity index (χ0n) is 12.8. The molecule has 0 aliphatic rings. The Bertz CT molecular complexity index is 595. The summed E-state index contributed by atoms with van der Waals surface area (Å²) < 4.78 is 13.4. The first-order valence-electron chi connectivity index (χ1n) is 6.86. The minimum Gasteiger partial charge on any atom is -0.309 e. The van der Waals surface area contributed by atoms with Crippen LogP contribution in [-0.2, 0) is 5.41 Å². The maximum absolute atomic E-state index is 13.4. The molecule has 1 unspecified atom stereocenters. The van der Waals surface area contributed by atoms with E-state index >= 15 is 0 Å². The number of hydrogen-bond donors (Lipinski definition) is 1. The van der Waals surface area contributed by atoms with E-state index in [-0.39, 0.29) is 17.3 Å². The van der Waals surface area contributed by atoms with Gasteiger partial charge < -0.3 is 5.32 Å². The standard InChI is InChI=1S/C17H22FNS/c1-11-10-12(6-7-13(11)18)16(19-5)14-8-9-15(20-14)17(2,3)4/h6-10,16,19H,1-5H3. The summed E-state index contributed by atoms with van der Waals surface area (Å²) in [6, 6.07) is 9.82. The number of benzene rings is 1. The van der Waals surface area contributed by atoms with Gasteiger partial charge in [0, 0.05) is 9.75 Å². The fourth-order valence-corrected chi connectivity index (χ4v) is 3.44. The van der Waals surface area contributed by atoms with Gasteiger partial charge in [-0.05, 0) is 48.7 Å². The molecule has 1 heterocycles. The molecule has 2 rings (SSSR count). The van der Waals surface area contributed by atoms with E-state index < -0.39 is 0 Å². The monoisotopic (exact) mass is 291 g/mol.